The first-order valence-corrected chi connectivity index (χ1v) is 15.7. The van der Waals surface area contributed by atoms with E-state index in [0.29, 0.717) is 47.8 Å². The molecule has 1 saturated carbocycles. The topological polar surface area (TPSA) is 49.8 Å². The van der Waals surface area contributed by atoms with E-state index in [4.69, 9.17) is 4.74 Å². The average molecular weight is 516 g/mol. The van der Waals surface area contributed by atoms with Crippen LogP contribution in [-0.2, 0) is 9.53 Å². The highest BCUT2D eigenvalue weighted by Gasteiger charge is 2.69. The number of esters is 1. The number of rotatable bonds is 5. The second-order valence-electron chi connectivity index (χ2n) is 13.3. The van der Waals surface area contributed by atoms with Crippen LogP contribution in [0.3, 0.4) is 0 Å². The maximum Gasteiger partial charge on any atom is 0.334 e. The van der Waals surface area contributed by atoms with Crippen LogP contribution in [0.25, 0.3) is 0 Å². The minimum atomic E-state index is -0.416. The van der Waals surface area contributed by atoms with E-state index in [1.165, 1.54) is 38.5 Å². The molecule has 0 aromatic rings. The minimum absolute atomic E-state index is 0.0572. The van der Waals surface area contributed by atoms with Crippen molar-refractivity contribution in [3.8, 4) is 0 Å². The fraction of sp³-hybridized carbons (Fsp3) is 0.676. The maximum atomic E-state index is 13.2. The molecule has 9 unspecified atom stereocenters. The van der Waals surface area contributed by atoms with Crippen molar-refractivity contribution in [3.05, 3.63) is 59.9 Å². The number of hydrogen-bond donors (Lipinski definition) is 1. The van der Waals surface area contributed by atoms with Gasteiger partial charge in [-0.2, -0.15) is 0 Å². The highest BCUT2D eigenvalue weighted by atomic mass is 16.6. The molecule has 7 aliphatic rings. The third-order valence-electron chi connectivity index (χ3n) is 11.3. The number of fused-ring (bicyclic) bond motifs is 7. The van der Waals surface area contributed by atoms with Crippen LogP contribution in [0.4, 0.5) is 0 Å². The molecular weight excluding hydrogens is 470 g/mol. The van der Waals surface area contributed by atoms with Crippen molar-refractivity contribution < 1.29 is 14.6 Å². The standard InChI is InChI=1S/C34H45NO3/c36-26-16-18-32-29(20-26)28-19-25(15-17-31(28)34(32)30-14-8-7-13-27(30)33(37)38-34)35(21-23-9-3-1-4-10-23)22-24-11-5-2-6-12-24/h3,5,9,11,13,15,17,20,23-25,28-32,36H,1-2,4,6-8,10,12,14,16,18-19,21-22H2. The van der Waals surface area contributed by atoms with Gasteiger partial charge >= 0.3 is 5.97 Å². The molecule has 1 N–H and O–H groups in total. The Kier molecular flexibility index (Phi) is 6.66. The van der Waals surface area contributed by atoms with Crippen LogP contribution < -0.4 is 0 Å². The Labute approximate surface area is 228 Å². The summed E-state index contributed by atoms with van der Waals surface area (Å²) in [5.74, 6) is 3.28. The molecule has 1 heterocycles. The second-order valence-corrected chi connectivity index (χ2v) is 13.3. The van der Waals surface area contributed by atoms with Crippen LogP contribution in [0.15, 0.2) is 59.9 Å². The highest BCUT2D eigenvalue weighted by molar-refractivity contribution is 5.92. The molecule has 0 amide bonds. The number of ether oxygens (including phenoxy) is 1. The van der Waals surface area contributed by atoms with Crippen LogP contribution >= 0.6 is 0 Å². The zero-order chi connectivity index (χ0) is 25.7. The summed E-state index contributed by atoms with van der Waals surface area (Å²) in [7, 11) is 0. The van der Waals surface area contributed by atoms with Crippen molar-refractivity contribution in [3.63, 3.8) is 0 Å². The van der Waals surface area contributed by atoms with Crippen LogP contribution in [0.2, 0.25) is 0 Å². The van der Waals surface area contributed by atoms with Crippen molar-refractivity contribution in [1.82, 2.24) is 4.90 Å². The Morgan fingerprint density at radius 1 is 0.921 bits per heavy atom. The molecule has 0 bridgehead atoms. The molecule has 204 valence electrons. The van der Waals surface area contributed by atoms with Gasteiger partial charge in [0.15, 0.2) is 0 Å². The number of carbonyl (C=O) groups excluding carboxylic acids is 1. The van der Waals surface area contributed by atoms with Gasteiger partial charge in [-0.15, -0.1) is 0 Å². The average Bonchev–Trinajstić information content (AvgIpc) is 3.40. The summed E-state index contributed by atoms with van der Waals surface area (Å²) < 4.78 is 6.57. The van der Waals surface area contributed by atoms with Crippen LogP contribution in [-0.4, -0.2) is 40.7 Å². The van der Waals surface area contributed by atoms with Gasteiger partial charge in [-0.05, 0) is 100 Å². The number of carbonyl (C=O) groups is 1. The van der Waals surface area contributed by atoms with E-state index in [9.17, 15) is 9.90 Å². The number of hydrogen-bond acceptors (Lipinski definition) is 4. The zero-order valence-corrected chi connectivity index (χ0v) is 22.8. The first-order chi connectivity index (χ1) is 18.6. The highest BCUT2D eigenvalue weighted by Crippen LogP contribution is 2.65. The van der Waals surface area contributed by atoms with Crippen molar-refractivity contribution in [2.24, 2.45) is 41.4 Å². The molecule has 7 rings (SSSR count). The lowest BCUT2D eigenvalue weighted by molar-refractivity contribution is -0.157. The quantitative estimate of drug-likeness (QED) is 0.314. The van der Waals surface area contributed by atoms with Crippen molar-refractivity contribution >= 4 is 5.97 Å². The van der Waals surface area contributed by atoms with Gasteiger partial charge in [-0.1, -0.05) is 42.5 Å². The molecule has 4 nitrogen and oxygen atoms in total. The Hall–Kier alpha value is -2.07. The van der Waals surface area contributed by atoms with Gasteiger partial charge in [0, 0.05) is 48.9 Å². The predicted octanol–water partition coefficient (Wildman–Crippen LogP) is 7.07. The van der Waals surface area contributed by atoms with Crippen molar-refractivity contribution in [2.75, 3.05) is 13.1 Å². The third-order valence-corrected chi connectivity index (χ3v) is 11.3. The van der Waals surface area contributed by atoms with E-state index in [2.05, 4.69) is 53.5 Å². The zero-order valence-electron chi connectivity index (χ0n) is 22.8. The molecule has 0 radical (unpaired) electrons. The van der Waals surface area contributed by atoms with Gasteiger partial charge in [-0.25, -0.2) is 4.79 Å². The van der Waals surface area contributed by atoms with Crippen molar-refractivity contribution in [1.29, 1.82) is 0 Å². The van der Waals surface area contributed by atoms with Crippen LogP contribution in [0.1, 0.15) is 77.0 Å². The Morgan fingerprint density at radius 3 is 2.37 bits per heavy atom. The largest absolute Gasteiger partial charge is 0.513 e. The fourth-order valence-corrected chi connectivity index (χ4v) is 9.67. The van der Waals surface area contributed by atoms with E-state index in [-0.39, 0.29) is 17.8 Å². The van der Waals surface area contributed by atoms with Gasteiger partial charge in [0.05, 0.1) is 5.76 Å². The Morgan fingerprint density at radius 2 is 1.66 bits per heavy atom. The summed E-state index contributed by atoms with van der Waals surface area (Å²) in [6.45, 7) is 2.27. The summed E-state index contributed by atoms with van der Waals surface area (Å²) >= 11 is 0. The molecule has 6 aliphatic carbocycles. The number of aliphatic hydroxyl groups is 1. The van der Waals surface area contributed by atoms with E-state index in [1.54, 1.807) is 0 Å². The number of allylic oxidation sites excluding steroid dienone is 5. The minimum Gasteiger partial charge on any atom is -0.513 e. The first-order valence-electron chi connectivity index (χ1n) is 15.7. The van der Waals surface area contributed by atoms with E-state index in [0.717, 1.165) is 50.8 Å². The summed E-state index contributed by atoms with van der Waals surface area (Å²) in [4.78, 5) is 16.0. The molecule has 1 saturated heterocycles. The summed E-state index contributed by atoms with van der Waals surface area (Å²) in [5, 5.41) is 10.7. The SMILES string of the molecule is O=C1OC2(C3CCCC=C13)C1C=CC(N(CC3C=CCCC3)CC3C=CCCC3)CC1C1C=C(O)CCC12. The summed E-state index contributed by atoms with van der Waals surface area (Å²) in [5.41, 5.74) is 0.542. The number of aliphatic hydroxyl groups excluding tert-OH is 1. The lowest BCUT2D eigenvalue weighted by Crippen LogP contribution is -2.49. The molecule has 4 heteroatoms. The first kappa shape index (κ1) is 24.9. The lowest BCUT2D eigenvalue weighted by atomic mass is 9.66. The Bertz CT molecular complexity index is 1060. The van der Waals surface area contributed by atoms with Gasteiger partial charge in [0.1, 0.15) is 5.60 Å². The molecular formula is C34H45NO3. The van der Waals surface area contributed by atoms with Crippen molar-refractivity contribution in [2.45, 2.75) is 88.7 Å². The van der Waals surface area contributed by atoms with E-state index < -0.39 is 5.60 Å². The summed E-state index contributed by atoms with van der Waals surface area (Å²) in [6, 6.07) is 0.411. The van der Waals surface area contributed by atoms with Gasteiger partial charge in [0.25, 0.3) is 0 Å². The van der Waals surface area contributed by atoms with E-state index in [1.807, 2.05) is 0 Å². The molecule has 9 atom stereocenters. The predicted molar refractivity (Wildman–Crippen MR) is 150 cm³/mol. The number of nitrogens with zero attached hydrogens (tertiary/aromatic N) is 1. The Balaban J connectivity index is 1.22. The summed E-state index contributed by atoms with van der Waals surface area (Å²) in [6.07, 6.45) is 32.7. The monoisotopic (exact) mass is 515 g/mol. The van der Waals surface area contributed by atoms with Gasteiger partial charge < -0.3 is 9.84 Å². The van der Waals surface area contributed by atoms with Gasteiger partial charge in [0.2, 0.25) is 0 Å². The van der Waals surface area contributed by atoms with Crippen LogP contribution in [0.5, 0.6) is 0 Å². The second kappa shape index (κ2) is 10.2. The molecule has 1 aliphatic heterocycles. The van der Waals surface area contributed by atoms with E-state index >= 15 is 0 Å². The van der Waals surface area contributed by atoms with Crippen LogP contribution in [0, 0.1) is 41.4 Å². The van der Waals surface area contributed by atoms with Gasteiger partial charge in [-0.3, -0.25) is 4.90 Å². The normalized spacial score (nSPS) is 43.4. The lowest BCUT2D eigenvalue weighted by Gasteiger charge is -2.43. The molecule has 2 fully saturated rings. The smallest absolute Gasteiger partial charge is 0.334 e. The molecule has 38 heavy (non-hydrogen) atoms. The molecule has 0 aromatic heterocycles. The third kappa shape index (κ3) is 4.17. The molecule has 0 aromatic carbocycles. The molecule has 1 spiro atoms. The fourth-order valence-electron chi connectivity index (χ4n) is 9.67. The maximum absolute atomic E-state index is 13.2.